The van der Waals surface area contributed by atoms with Gasteiger partial charge in [-0.25, -0.2) is 10.2 Å². The van der Waals surface area contributed by atoms with E-state index in [-0.39, 0.29) is 10.6 Å². The van der Waals surface area contributed by atoms with Crippen LogP contribution in [0.2, 0.25) is 10.0 Å². The van der Waals surface area contributed by atoms with E-state index in [4.69, 9.17) is 33.0 Å². The van der Waals surface area contributed by atoms with Crippen LogP contribution in [0.15, 0.2) is 47.6 Å². The molecule has 0 spiro atoms. The van der Waals surface area contributed by atoms with Crippen LogP contribution < -0.4 is 10.2 Å². The third kappa shape index (κ3) is 5.26. The monoisotopic (exact) mass is 366 g/mol. The SMILES string of the molecule is O=C(O)COc1ccc(/C=N\NC(=O)c2ccc(Cl)cc2Cl)cc1. The lowest BCUT2D eigenvalue weighted by Crippen LogP contribution is -2.18. The molecular weight excluding hydrogens is 355 g/mol. The molecule has 124 valence electrons. The van der Waals surface area contributed by atoms with Gasteiger partial charge in [0.25, 0.3) is 5.91 Å². The number of benzene rings is 2. The minimum absolute atomic E-state index is 0.232. The number of hydrogen-bond acceptors (Lipinski definition) is 4. The number of amides is 1. The Morgan fingerprint density at radius 3 is 2.50 bits per heavy atom. The lowest BCUT2D eigenvalue weighted by atomic mass is 10.2. The summed E-state index contributed by atoms with van der Waals surface area (Å²) in [5.41, 5.74) is 3.31. The largest absolute Gasteiger partial charge is 0.482 e. The minimum Gasteiger partial charge on any atom is -0.482 e. The maximum absolute atomic E-state index is 11.9. The quantitative estimate of drug-likeness (QED) is 0.606. The fourth-order valence-electron chi connectivity index (χ4n) is 1.69. The standard InChI is InChI=1S/C16H12Cl2N2O4/c17-11-3-6-13(14(18)7-11)16(23)20-19-8-10-1-4-12(5-2-10)24-9-15(21)22/h1-8H,9H2,(H,20,23)(H,21,22)/b19-8-. The average Bonchev–Trinajstić information content (AvgIpc) is 2.54. The molecule has 0 aliphatic carbocycles. The lowest BCUT2D eigenvalue weighted by Gasteiger charge is -2.04. The first-order valence-electron chi connectivity index (χ1n) is 6.69. The van der Waals surface area contributed by atoms with Crippen LogP contribution in [0.4, 0.5) is 0 Å². The third-order valence-corrected chi connectivity index (χ3v) is 3.35. The third-order valence-electron chi connectivity index (χ3n) is 2.80. The van der Waals surface area contributed by atoms with Gasteiger partial charge in [-0.1, -0.05) is 23.2 Å². The van der Waals surface area contributed by atoms with Gasteiger partial charge in [-0.2, -0.15) is 5.10 Å². The molecule has 0 fully saturated rings. The highest BCUT2D eigenvalue weighted by Crippen LogP contribution is 2.20. The topological polar surface area (TPSA) is 88.0 Å². The van der Waals surface area contributed by atoms with Gasteiger partial charge in [-0.3, -0.25) is 4.79 Å². The van der Waals surface area contributed by atoms with Gasteiger partial charge in [0, 0.05) is 5.02 Å². The maximum atomic E-state index is 11.9. The predicted octanol–water partition coefficient (Wildman–Crippen LogP) is 3.22. The van der Waals surface area contributed by atoms with Crippen LogP contribution in [0.5, 0.6) is 5.75 Å². The zero-order chi connectivity index (χ0) is 17.5. The predicted molar refractivity (Wildman–Crippen MR) is 91.1 cm³/mol. The van der Waals surface area contributed by atoms with E-state index in [0.29, 0.717) is 16.3 Å². The summed E-state index contributed by atoms with van der Waals surface area (Å²) < 4.78 is 5.01. The number of carboxylic acids is 1. The highest BCUT2D eigenvalue weighted by atomic mass is 35.5. The molecule has 6 nitrogen and oxygen atoms in total. The van der Waals surface area contributed by atoms with Crippen molar-refractivity contribution in [3.8, 4) is 5.75 Å². The highest BCUT2D eigenvalue weighted by Gasteiger charge is 2.09. The molecule has 0 atom stereocenters. The molecule has 0 radical (unpaired) electrons. The van der Waals surface area contributed by atoms with E-state index < -0.39 is 18.5 Å². The molecule has 1 amide bonds. The fraction of sp³-hybridized carbons (Fsp3) is 0.0625. The molecule has 8 heteroatoms. The van der Waals surface area contributed by atoms with Crippen LogP contribution in [0.25, 0.3) is 0 Å². The number of halogens is 2. The van der Waals surface area contributed by atoms with Crippen molar-refractivity contribution in [3.63, 3.8) is 0 Å². The Balaban J connectivity index is 1.93. The maximum Gasteiger partial charge on any atom is 0.341 e. The van der Waals surface area contributed by atoms with E-state index in [9.17, 15) is 9.59 Å². The number of carbonyl (C=O) groups excluding carboxylic acids is 1. The second kappa shape index (κ2) is 8.33. The number of hydrogen-bond donors (Lipinski definition) is 2. The number of carboxylic acid groups (broad SMARTS) is 1. The Bertz CT molecular complexity index is 776. The van der Waals surface area contributed by atoms with Crippen LogP contribution in [0.3, 0.4) is 0 Å². The van der Waals surface area contributed by atoms with Gasteiger partial charge in [-0.15, -0.1) is 0 Å². The van der Waals surface area contributed by atoms with E-state index in [0.717, 1.165) is 0 Å². The zero-order valence-corrected chi connectivity index (χ0v) is 13.7. The molecule has 0 saturated heterocycles. The smallest absolute Gasteiger partial charge is 0.341 e. The number of carbonyl (C=O) groups is 2. The molecule has 2 aromatic rings. The molecule has 0 heterocycles. The summed E-state index contributed by atoms with van der Waals surface area (Å²) in [6.07, 6.45) is 1.43. The van der Waals surface area contributed by atoms with Gasteiger partial charge < -0.3 is 9.84 Å². The molecule has 0 aromatic heterocycles. The second-order valence-corrected chi connectivity index (χ2v) is 5.42. The van der Waals surface area contributed by atoms with Gasteiger partial charge in [0.15, 0.2) is 6.61 Å². The van der Waals surface area contributed by atoms with Crippen LogP contribution >= 0.6 is 23.2 Å². The number of aliphatic carboxylic acids is 1. The molecule has 24 heavy (non-hydrogen) atoms. The molecule has 2 N–H and O–H groups in total. The van der Waals surface area contributed by atoms with Crippen molar-refractivity contribution in [1.82, 2.24) is 5.43 Å². The van der Waals surface area contributed by atoms with E-state index in [1.54, 1.807) is 30.3 Å². The first-order chi connectivity index (χ1) is 11.5. The summed E-state index contributed by atoms with van der Waals surface area (Å²) in [7, 11) is 0. The Labute approximate surface area is 147 Å². The van der Waals surface area contributed by atoms with Gasteiger partial charge in [0.2, 0.25) is 0 Å². The number of nitrogens with one attached hydrogen (secondary N) is 1. The summed E-state index contributed by atoms with van der Waals surface area (Å²) >= 11 is 11.7. The van der Waals surface area contributed by atoms with Crippen molar-refractivity contribution < 1.29 is 19.4 Å². The number of ether oxygens (including phenoxy) is 1. The van der Waals surface area contributed by atoms with Crippen molar-refractivity contribution in [1.29, 1.82) is 0 Å². The minimum atomic E-state index is -1.05. The summed E-state index contributed by atoms with van der Waals surface area (Å²) in [4.78, 5) is 22.3. The van der Waals surface area contributed by atoms with Gasteiger partial charge in [0.05, 0.1) is 16.8 Å². The number of rotatable bonds is 6. The van der Waals surface area contributed by atoms with Crippen molar-refractivity contribution >= 4 is 41.3 Å². The molecule has 0 bridgehead atoms. The zero-order valence-electron chi connectivity index (χ0n) is 12.2. The molecule has 2 rings (SSSR count). The van der Waals surface area contributed by atoms with E-state index in [1.807, 2.05) is 0 Å². The fourth-order valence-corrected chi connectivity index (χ4v) is 2.19. The van der Waals surface area contributed by atoms with Crippen molar-refractivity contribution in [2.24, 2.45) is 5.10 Å². The summed E-state index contributed by atoms with van der Waals surface area (Å²) in [6, 6.07) is 11.1. The van der Waals surface area contributed by atoms with Gasteiger partial charge in [-0.05, 0) is 48.0 Å². The first kappa shape index (κ1) is 17.8. The molecular formula is C16H12Cl2N2O4. The molecule has 0 saturated carbocycles. The second-order valence-electron chi connectivity index (χ2n) is 4.57. The molecule has 0 unspecified atom stereocenters. The number of hydrazone groups is 1. The average molecular weight is 367 g/mol. The normalized spacial score (nSPS) is 10.6. The van der Waals surface area contributed by atoms with Crippen LogP contribution in [0, 0.1) is 0 Å². The summed E-state index contributed by atoms with van der Waals surface area (Å²) in [6.45, 7) is -0.411. The van der Waals surface area contributed by atoms with Gasteiger partial charge in [0.1, 0.15) is 5.75 Å². The van der Waals surface area contributed by atoms with Gasteiger partial charge >= 0.3 is 5.97 Å². The highest BCUT2D eigenvalue weighted by molar-refractivity contribution is 6.36. The molecule has 0 aliphatic heterocycles. The van der Waals surface area contributed by atoms with E-state index in [2.05, 4.69) is 10.5 Å². The van der Waals surface area contributed by atoms with E-state index >= 15 is 0 Å². The van der Waals surface area contributed by atoms with Crippen LogP contribution in [-0.4, -0.2) is 29.8 Å². The summed E-state index contributed by atoms with van der Waals surface area (Å²) in [5, 5.41) is 13.0. The Kier molecular flexibility index (Phi) is 6.17. The van der Waals surface area contributed by atoms with Crippen LogP contribution in [0.1, 0.15) is 15.9 Å². The van der Waals surface area contributed by atoms with Crippen molar-refractivity contribution in [2.45, 2.75) is 0 Å². The van der Waals surface area contributed by atoms with E-state index in [1.165, 1.54) is 18.3 Å². The molecule has 0 aliphatic rings. The Morgan fingerprint density at radius 1 is 1.17 bits per heavy atom. The summed E-state index contributed by atoms with van der Waals surface area (Å²) in [5.74, 6) is -1.09. The lowest BCUT2D eigenvalue weighted by molar-refractivity contribution is -0.139. The molecule has 2 aromatic carbocycles. The van der Waals surface area contributed by atoms with Crippen molar-refractivity contribution in [2.75, 3.05) is 6.61 Å². The first-order valence-corrected chi connectivity index (χ1v) is 7.44. The number of nitrogens with zero attached hydrogens (tertiary/aromatic N) is 1. The van der Waals surface area contributed by atoms with Crippen molar-refractivity contribution in [3.05, 3.63) is 63.6 Å². The Morgan fingerprint density at radius 2 is 1.88 bits per heavy atom. The van der Waals surface area contributed by atoms with Crippen LogP contribution in [-0.2, 0) is 4.79 Å². The Hall–Kier alpha value is -2.57.